The zero-order chi connectivity index (χ0) is 13.0. The second-order valence-corrected chi connectivity index (χ2v) is 6.25. The Balaban J connectivity index is 1.89. The van der Waals surface area contributed by atoms with E-state index >= 15 is 0 Å². The first-order chi connectivity index (χ1) is 8.59. The summed E-state index contributed by atoms with van der Waals surface area (Å²) in [6.45, 7) is 1.21. The van der Waals surface area contributed by atoms with Crippen LogP contribution in [0.4, 0.5) is 0 Å². The summed E-state index contributed by atoms with van der Waals surface area (Å²) in [6.07, 6.45) is 0.931. The molecule has 1 aromatic carbocycles. The number of ether oxygens (including phenoxy) is 1. The van der Waals surface area contributed by atoms with E-state index in [4.69, 9.17) is 4.74 Å². The van der Waals surface area contributed by atoms with Gasteiger partial charge in [-0.1, -0.05) is 12.1 Å². The number of sulfonamides is 1. The van der Waals surface area contributed by atoms with Gasteiger partial charge in [0.1, 0.15) is 5.75 Å². The highest BCUT2D eigenvalue weighted by Crippen LogP contribution is 2.12. The van der Waals surface area contributed by atoms with Crippen molar-refractivity contribution in [2.45, 2.75) is 19.0 Å². The van der Waals surface area contributed by atoms with Gasteiger partial charge in [0.05, 0.1) is 12.9 Å². The van der Waals surface area contributed by atoms with Gasteiger partial charge in [-0.2, -0.15) is 0 Å². The highest BCUT2D eigenvalue weighted by Gasteiger charge is 2.23. The van der Waals surface area contributed by atoms with E-state index in [-0.39, 0.29) is 11.8 Å². The first-order valence-electron chi connectivity index (χ1n) is 5.93. The minimum absolute atomic E-state index is 0.104. The standard InChI is InChI=1S/C12H18N2O3S/c1-17-12-4-2-3-10(7-12)8-14-18(15,16)9-11-5-6-13-11/h2-4,7,11,13-14H,5-6,8-9H2,1H3. The lowest BCUT2D eigenvalue weighted by Gasteiger charge is -2.27. The van der Waals surface area contributed by atoms with E-state index in [0.717, 1.165) is 24.3 Å². The van der Waals surface area contributed by atoms with Crippen LogP contribution in [0.15, 0.2) is 24.3 Å². The number of hydrogen-bond donors (Lipinski definition) is 2. The van der Waals surface area contributed by atoms with Crippen LogP contribution in [0.5, 0.6) is 5.75 Å². The molecule has 0 aliphatic carbocycles. The largest absolute Gasteiger partial charge is 0.497 e. The molecule has 1 saturated heterocycles. The summed E-state index contributed by atoms with van der Waals surface area (Å²) in [4.78, 5) is 0. The van der Waals surface area contributed by atoms with Crippen molar-refractivity contribution in [3.8, 4) is 5.75 Å². The van der Waals surface area contributed by atoms with E-state index in [1.165, 1.54) is 0 Å². The highest BCUT2D eigenvalue weighted by atomic mass is 32.2. The molecule has 1 aliphatic heterocycles. The van der Waals surface area contributed by atoms with Gasteiger partial charge >= 0.3 is 0 Å². The van der Waals surface area contributed by atoms with Crippen molar-refractivity contribution in [1.29, 1.82) is 0 Å². The molecule has 0 saturated carbocycles. The molecule has 0 bridgehead atoms. The number of methoxy groups -OCH3 is 1. The number of benzene rings is 1. The lowest BCUT2D eigenvalue weighted by Crippen LogP contribution is -2.49. The van der Waals surface area contributed by atoms with Crippen LogP contribution >= 0.6 is 0 Å². The fourth-order valence-corrected chi connectivity index (χ4v) is 3.11. The molecule has 1 aromatic rings. The minimum Gasteiger partial charge on any atom is -0.497 e. The molecular weight excluding hydrogens is 252 g/mol. The van der Waals surface area contributed by atoms with Crippen molar-refractivity contribution in [2.75, 3.05) is 19.4 Å². The fraction of sp³-hybridized carbons (Fsp3) is 0.500. The first-order valence-corrected chi connectivity index (χ1v) is 7.58. The van der Waals surface area contributed by atoms with Crippen molar-refractivity contribution >= 4 is 10.0 Å². The molecule has 100 valence electrons. The van der Waals surface area contributed by atoms with Gasteiger partial charge < -0.3 is 10.1 Å². The zero-order valence-electron chi connectivity index (χ0n) is 10.3. The molecule has 6 heteroatoms. The summed E-state index contributed by atoms with van der Waals surface area (Å²) in [5.41, 5.74) is 0.888. The SMILES string of the molecule is COc1cccc(CNS(=O)(=O)CC2CCN2)c1. The maximum Gasteiger partial charge on any atom is 0.213 e. The molecular formula is C12H18N2O3S. The molecule has 1 aliphatic rings. The van der Waals surface area contributed by atoms with Gasteiger partial charge in [0.15, 0.2) is 0 Å². The van der Waals surface area contributed by atoms with Crippen molar-refractivity contribution < 1.29 is 13.2 Å². The molecule has 0 radical (unpaired) electrons. The third-order valence-electron chi connectivity index (χ3n) is 2.98. The average molecular weight is 270 g/mol. The van der Waals surface area contributed by atoms with Crippen LogP contribution in [0.3, 0.4) is 0 Å². The van der Waals surface area contributed by atoms with Crippen LogP contribution < -0.4 is 14.8 Å². The molecule has 0 aromatic heterocycles. The lowest BCUT2D eigenvalue weighted by molar-refractivity contribution is 0.397. The second kappa shape index (κ2) is 5.69. The summed E-state index contributed by atoms with van der Waals surface area (Å²) < 4.78 is 31.3. The molecule has 1 fully saturated rings. The Morgan fingerprint density at radius 3 is 2.89 bits per heavy atom. The van der Waals surface area contributed by atoms with Crippen LogP contribution in [0, 0.1) is 0 Å². The van der Waals surface area contributed by atoms with Crippen molar-refractivity contribution in [1.82, 2.24) is 10.0 Å². The second-order valence-electron chi connectivity index (χ2n) is 4.39. The monoisotopic (exact) mass is 270 g/mol. The van der Waals surface area contributed by atoms with E-state index in [9.17, 15) is 8.42 Å². The molecule has 2 rings (SSSR count). The third kappa shape index (κ3) is 3.69. The summed E-state index contributed by atoms with van der Waals surface area (Å²) >= 11 is 0. The molecule has 18 heavy (non-hydrogen) atoms. The lowest BCUT2D eigenvalue weighted by atomic mass is 10.1. The molecule has 1 heterocycles. The van der Waals surface area contributed by atoms with E-state index in [1.54, 1.807) is 7.11 Å². The molecule has 1 unspecified atom stereocenters. The minimum atomic E-state index is -3.21. The van der Waals surface area contributed by atoms with E-state index in [1.807, 2.05) is 24.3 Å². The maximum atomic E-state index is 11.8. The maximum absolute atomic E-state index is 11.8. The van der Waals surface area contributed by atoms with Crippen molar-refractivity contribution in [2.24, 2.45) is 0 Å². The molecule has 0 amide bonds. The van der Waals surface area contributed by atoms with Crippen molar-refractivity contribution in [3.63, 3.8) is 0 Å². The molecule has 5 nitrogen and oxygen atoms in total. The number of rotatable bonds is 6. The van der Waals surface area contributed by atoms with E-state index in [2.05, 4.69) is 10.0 Å². The average Bonchev–Trinajstić information content (AvgIpc) is 2.32. The quantitative estimate of drug-likeness (QED) is 0.789. The molecule has 2 N–H and O–H groups in total. The van der Waals surface area contributed by atoms with Gasteiger partial charge in [0.2, 0.25) is 10.0 Å². The molecule has 1 atom stereocenters. The Morgan fingerprint density at radius 2 is 2.28 bits per heavy atom. The van der Waals surface area contributed by atoms with Gasteiger partial charge in [0, 0.05) is 12.6 Å². The Bertz CT molecular complexity index is 498. The predicted molar refractivity (Wildman–Crippen MR) is 70.0 cm³/mol. The van der Waals surface area contributed by atoms with Crippen LogP contribution in [0.1, 0.15) is 12.0 Å². The summed E-state index contributed by atoms with van der Waals surface area (Å²) in [5.74, 6) is 0.879. The Labute approximate surface area is 108 Å². The van der Waals surface area contributed by atoms with E-state index < -0.39 is 10.0 Å². The third-order valence-corrected chi connectivity index (χ3v) is 4.40. The highest BCUT2D eigenvalue weighted by molar-refractivity contribution is 7.89. The Kier molecular flexibility index (Phi) is 4.21. The van der Waals surface area contributed by atoms with Crippen LogP contribution in [-0.2, 0) is 16.6 Å². The normalized spacial score (nSPS) is 19.3. The van der Waals surface area contributed by atoms with Gasteiger partial charge in [-0.05, 0) is 30.7 Å². The first kappa shape index (κ1) is 13.3. The van der Waals surface area contributed by atoms with E-state index in [0.29, 0.717) is 6.54 Å². The zero-order valence-corrected chi connectivity index (χ0v) is 11.2. The fourth-order valence-electron chi connectivity index (χ4n) is 1.79. The van der Waals surface area contributed by atoms with Crippen LogP contribution in [-0.4, -0.2) is 33.9 Å². The van der Waals surface area contributed by atoms with Gasteiger partial charge in [-0.25, -0.2) is 13.1 Å². The molecule has 0 spiro atoms. The summed E-state index contributed by atoms with van der Waals surface area (Å²) in [7, 11) is -1.62. The van der Waals surface area contributed by atoms with Gasteiger partial charge in [-0.3, -0.25) is 0 Å². The Morgan fingerprint density at radius 1 is 1.50 bits per heavy atom. The predicted octanol–water partition coefficient (Wildman–Crippen LogP) is 0.476. The number of nitrogens with one attached hydrogen (secondary N) is 2. The summed E-state index contributed by atoms with van der Waals surface area (Å²) in [5, 5.41) is 3.08. The smallest absolute Gasteiger partial charge is 0.213 e. The topological polar surface area (TPSA) is 67.4 Å². The van der Waals surface area contributed by atoms with Crippen LogP contribution in [0.2, 0.25) is 0 Å². The van der Waals surface area contributed by atoms with Gasteiger partial charge in [-0.15, -0.1) is 0 Å². The summed E-state index contributed by atoms with van der Waals surface area (Å²) in [6, 6.07) is 7.47. The number of hydrogen-bond acceptors (Lipinski definition) is 4. The van der Waals surface area contributed by atoms with Gasteiger partial charge in [0.25, 0.3) is 0 Å². The van der Waals surface area contributed by atoms with Crippen molar-refractivity contribution in [3.05, 3.63) is 29.8 Å². The van der Waals surface area contributed by atoms with Crippen LogP contribution in [0.25, 0.3) is 0 Å². The Hall–Kier alpha value is -1.11.